The summed E-state index contributed by atoms with van der Waals surface area (Å²) in [5.41, 5.74) is 8.33. The van der Waals surface area contributed by atoms with E-state index in [1.54, 1.807) is 19.2 Å². The van der Waals surface area contributed by atoms with Gasteiger partial charge in [0.2, 0.25) is 5.13 Å². The Kier molecular flexibility index (Phi) is 4.69. The molecule has 2 rings (SSSR count). The van der Waals surface area contributed by atoms with Crippen LogP contribution in [0.4, 0.5) is 19.7 Å². The smallest absolute Gasteiger partial charge is 0.205 e. The van der Waals surface area contributed by atoms with Crippen molar-refractivity contribution in [3.63, 3.8) is 0 Å². The zero-order valence-electron chi connectivity index (χ0n) is 11.4. The number of hydrogen-bond acceptors (Lipinski definition) is 6. The number of nitrogens with zero attached hydrogens (tertiary/aromatic N) is 2. The van der Waals surface area contributed by atoms with E-state index < -0.39 is 11.6 Å². The summed E-state index contributed by atoms with van der Waals surface area (Å²) in [5, 5.41) is 5.98. The Hall–Kier alpha value is -2.22. The Morgan fingerprint density at radius 3 is 2.57 bits per heavy atom. The van der Waals surface area contributed by atoms with Gasteiger partial charge in [-0.15, -0.1) is 11.3 Å². The number of ether oxygens (including phenoxy) is 1. The zero-order chi connectivity index (χ0) is 15.4. The minimum Gasteiger partial charge on any atom is -0.485 e. The van der Waals surface area contributed by atoms with Crippen LogP contribution in [-0.2, 0) is 0 Å². The summed E-state index contributed by atoms with van der Waals surface area (Å²) in [6.45, 7) is 3.38. The SMILES string of the molecule is CC(C)Oc1c(F)cc(C=NNc2nc(N)cs2)cc1F. The number of nitrogen functional groups attached to an aromatic ring is 1. The first kappa shape index (κ1) is 15.2. The van der Waals surface area contributed by atoms with Crippen molar-refractivity contribution >= 4 is 28.5 Å². The summed E-state index contributed by atoms with van der Waals surface area (Å²) in [4.78, 5) is 3.93. The number of benzene rings is 1. The topological polar surface area (TPSA) is 72.5 Å². The molecule has 0 aliphatic heterocycles. The van der Waals surface area contributed by atoms with Crippen LogP contribution >= 0.6 is 11.3 Å². The molecule has 0 amide bonds. The van der Waals surface area contributed by atoms with Crippen LogP contribution in [0.25, 0.3) is 0 Å². The van der Waals surface area contributed by atoms with E-state index in [1.165, 1.54) is 17.6 Å². The molecule has 1 heterocycles. The molecule has 0 fully saturated rings. The van der Waals surface area contributed by atoms with Crippen LogP contribution in [0.1, 0.15) is 19.4 Å². The average Bonchev–Trinajstić information content (AvgIpc) is 2.79. The van der Waals surface area contributed by atoms with Crippen LogP contribution in [0.2, 0.25) is 0 Å². The van der Waals surface area contributed by atoms with Gasteiger partial charge in [0, 0.05) is 10.9 Å². The van der Waals surface area contributed by atoms with E-state index in [4.69, 9.17) is 10.5 Å². The van der Waals surface area contributed by atoms with Gasteiger partial charge in [-0.1, -0.05) is 0 Å². The highest BCUT2D eigenvalue weighted by atomic mass is 32.1. The van der Waals surface area contributed by atoms with Crippen molar-refractivity contribution < 1.29 is 13.5 Å². The van der Waals surface area contributed by atoms with Crippen LogP contribution in [-0.4, -0.2) is 17.3 Å². The minimum atomic E-state index is -0.774. The first-order valence-electron chi connectivity index (χ1n) is 6.11. The molecule has 0 atom stereocenters. The molecule has 0 aliphatic carbocycles. The van der Waals surface area contributed by atoms with Gasteiger partial charge >= 0.3 is 0 Å². The van der Waals surface area contributed by atoms with E-state index in [0.29, 0.717) is 10.9 Å². The number of nitrogens with one attached hydrogen (secondary N) is 1. The predicted octanol–water partition coefficient (Wildman–Crippen LogP) is 3.24. The molecule has 8 heteroatoms. The Bertz CT molecular complexity index is 634. The molecule has 112 valence electrons. The second-order valence-electron chi connectivity index (χ2n) is 4.43. The molecule has 0 bridgehead atoms. The predicted molar refractivity (Wildman–Crippen MR) is 79.9 cm³/mol. The molecule has 0 spiro atoms. The van der Waals surface area contributed by atoms with Gasteiger partial charge in [0.1, 0.15) is 5.82 Å². The number of anilines is 2. The molecule has 0 aliphatic rings. The molecule has 3 N–H and O–H groups in total. The quantitative estimate of drug-likeness (QED) is 0.657. The first-order chi connectivity index (χ1) is 9.95. The van der Waals surface area contributed by atoms with Gasteiger partial charge in [-0.25, -0.2) is 13.8 Å². The lowest BCUT2D eigenvalue weighted by atomic mass is 10.2. The summed E-state index contributed by atoms with van der Waals surface area (Å²) in [7, 11) is 0. The summed E-state index contributed by atoms with van der Waals surface area (Å²) < 4.78 is 32.6. The number of rotatable bonds is 5. The van der Waals surface area contributed by atoms with Gasteiger partial charge in [0.25, 0.3) is 0 Å². The number of hydrogen-bond donors (Lipinski definition) is 2. The van der Waals surface area contributed by atoms with Crippen LogP contribution in [0.5, 0.6) is 5.75 Å². The van der Waals surface area contributed by atoms with Gasteiger partial charge in [-0.2, -0.15) is 5.10 Å². The fourth-order valence-corrected chi connectivity index (χ4v) is 2.05. The molecule has 0 saturated carbocycles. The summed E-state index contributed by atoms with van der Waals surface area (Å²) in [5.74, 6) is -1.56. The van der Waals surface area contributed by atoms with Crippen molar-refractivity contribution in [1.82, 2.24) is 4.98 Å². The number of aromatic nitrogens is 1. The molecule has 1 aromatic carbocycles. The van der Waals surface area contributed by atoms with E-state index in [9.17, 15) is 8.78 Å². The fraction of sp³-hybridized carbons (Fsp3) is 0.231. The Balaban J connectivity index is 2.10. The van der Waals surface area contributed by atoms with Crippen LogP contribution in [0.15, 0.2) is 22.6 Å². The monoisotopic (exact) mass is 312 g/mol. The Morgan fingerprint density at radius 2 is 2.05 bits per heavy atom. The largest absolute Gasteiger partial charge is 0.485 e. The average molecular weight is 312 g/mol. The maximum Gasteiger partial charge on any atom is 0.205 e. The first-order valence-corrected chi connectivity index (χ1v) is 6.99. The third-order valence-electron chi connectivity index (χ3n) is 2.27. The van der Waals surface area contributed by atoms with Crippen molar-refractivity contribution in [2.24, 2.45) is 5.10 Å². The van der Waals surface area contributed by atoms with Gasteiger partial charge in [-0.3, -0.25) is 5.43 Å². The van der Waals surface area contributed by atoms with E-state index in [-0.39, 0.29) is 17.4 Å². The van der Waals surface area contributed by atoms with E-state index in [1.807, 2.05) is 0 Å². The normalized spacial score (nSPS) is 11.3. The lowest BCUT2D eigenvalue weighted by molar-refractivity contribution is 0.219. The minimum absolute atomic E-state index is 0.262. The molecule has 1 aromatic heterocycles. The molecule has 5 nitrogen and oxygen atoms in total. The summed E-state index contributed by atoms with van der Waals surface area (Å²) in [6.07, 6.45) is 0.966. The van der Waals surface area contributed by atoms with E-state index >= 15 is 0 Å². The molecular weight excluding hydrogens is 298 g/mol. The van der Waals surface area contributed by atoms with Crippen LogP contribution < -0.4 is 15.9 Å². The molecule has 0 unspecified atom stereocenters. The van der Waals surface area contributed by atoms with Crippen molar-refractivity contribution in [2.45, 2.75) is 20.0 Å². The molecular formula is C13H14F2N4OS. The molecule has 0 saturated heterocycles. The number of nitrogens with two attached hydrogens (primary N) is 1. The Labute approximate surface area is 124 Å². The molecule has 2 aromatic rings. The maximum absolute atomic E-state index is 13.8. The standard InChI is InChI=1S/C13H14F2N4OS/c1-7(2)20-12-9(14)3-8(4-10(12)15)5-17-19-13-18-11(16)6-21-13/h3-7H,16H2,1-2H3,(H,18,19). The van der Waals surface area contributed by atoms with Crippen molar-refractivity contribution in [2.75, 3.05) is 11.2 Å². The highest BCUT2D eigenvalue weighted by molar-refractivity contribution is 7.14. The number of halogens is 2. The zero-order valence-corrected chi connectivity index (χ0v) is 12.2. The van der Waals surface area contributed by atoms with Gasteiger partial charge < -0.3 is 10.5 Å². The highest BCUT2D eigenvalue weighted by Gasteiger charge is 2.13. The molecule has 21 heavy (non-hydrogen) atoms. The summed E-state index contributed by atoms with van der Waals surface area (Å²) in [6, 6.07) is 2.28. The van der Waals surface area contributed by atoms with Crippen LogP contribution in [0.3, 0.4) is 0 Å². The van der Waals surface area contributed by atoms with Gasteiger partial charge in [0.05, 0.1) is 12.3 Å². The summed E-state index contributed by atoms with van der Waals surface area (Å²) >= 11 is 1.27. The maximum atomic E-state index is 13.8. The van der Waals surface area contributed by atoms with Crippen molar-refractivity contribution in [3.05, 3.63) is 34.7 Å². The third kappa shape index (κ3) is 4.12. The number of thiazole rings is 1. The highest BCUT2D eigenvalue weighted by Crippen LogP contribution is 2.24. The second-order valence-corrected chi connectivity index (χ2v) is 5.29. The second kappa shape index (κ2) is 6.49. The van der Waals surface area contributed by atoms with Gasteiger partial charge in [0.15, 0.2) is 17.4 Å². The lowest BCUT2D eigenvalue weighted by Crippen LogP contribution is -2.09. The van der Waals surface area contributed by atoms with E-state index in [0.717, 1.165) is 12.1 Å². The molecule has 0 radical (unpaired) electrons. The van der Waals surface area contributed by atoms with Crippen molar-refractivity contribution in [3.8, 4) is 5.75 Å². The van der Waals surface area contributed by atoms with Gasteiger partial charge in [-0.05, 0) is 26.0 Å². The van der Waals surface area contributed by atoms with E-state index in [2.05, 4.69) is 15.5 Å². The fourth-order valence-electron chi connectivity index (χ4n) is 1.50. The van der Waals surface area contributed by atoms with Crippen molar-refractivity contribution in [1.29, 1.82) is 0 Å². The van der Waals surface area contributed by atoms with Crippen LogP contribution in [0, 0.1) is 11.6 Å². The third-order valence-corrected chi connectivity index (χ3v) is 3.04. The number of hydrazone groups is 1. The Morgan fingerprint density at radius 1 is 1.38 bits per heavy atom. The lowest BCUT2D eigenvalue weighted by Gasteiger charge is -2.11.